The summed E-state index contributed by atoms with van der Waals surface area (Å²) in [6, 6.07) is 12.6. The Labute approximate surface area is 196 Å². The molecule has 0 aliphatic carbocycles. The van der Waals surface area contributed by atoms with Crippen molar-refractivity contribution in [1.29, 1.82) is 0 Å². The number of fused-ring (bicyclic) bond motifs is 1. The summed E-state index contributed by atoms with van der Waals surface area (Å²) in [5.74, 6) is 0.206. The highest BCUT2D eigenvalue weighted by Crippen LogP contribution is 2.22. The van der Waals surface area contributed by atoms with E-state index in [2.05, 4.69) is 11.6 Å². The van der Waals surface area contributed by atoms with Gasteiger partial charge in [0.1, 0.15) is 19.0 Å². The SMILES string of the molecule is C=CC(=O)OCCOCCOCCOCCOc1ccc(-c2cc3cccnc3oc2=O)cc1. The number of esters is 1. The average molecular weight is 469 g/mol. The Hall–Kier alpha value is -3.53. The Balaban J connectivity index is 1.26. The Morgan fingerprint density at radius 1 is 0.912 bits per heavy atom. The molecule has 34 heavy (non-hydrogen) atoms. The van der Waals surface area contributed by atoms with E-state index in [4.69, 9.17) is 28.1 Å². The lowest BCUT2D eigenvalue weighted by atomic mass is 10.1. The van der Waals surface area contributed by atoms with E-state index in [-0.39, 0.29) is 6.61 Å². The van der Waals surface area contributed by atoms with Crippen molar-refractivity contribution in [1.82, 2.24) is 4.98 Å². The van der Waals surface area contributed by atoms with E-state index in [1.54, 1.807) is 30.5 Å². The van der Waals surface area contributed by atoms with Gasteiger partial charge in [-0.1, -0.05) is 18.7 Å². The summed E-state index contributed by atoms with van der Waals surface area (Å²) in [6.07, 6.45) is 2.69. The molecule has 0 bridgehead atoms. The van der Waals surface area contributed by atoms with Crippen LogP contribution in [0.4, 0.5) is 0 Å². The Bertz CT molecular complexity index is 1110. The second-order valence-electron chi connectivity index (χ2n) is 6.93. The Kier molecular flexibility index (Phi) is 10.3. The smallest absolute Gasteiger partial charge is 0.345 e. The largest absolute Gasteiger partial charge is 0.491 e. The molecule has 2 aromatic heterocycles. The summed E-state index contributed by atoms with van der Waals surface area (Å²) in [6.45, 7) is 6.31. The van der Waals surface area contributed by atoms with Gasteiger partial charge in [-0.15, -0.1) is 0 Å². The van der Waals surface area contributed by atoms with Crippen LogP contribution < -0.4 is 10.4 Å². The second-order valence-corrected chi connectivity index (χ2v) is 6.93. The number of aromatic nitrogens is 1. The topological polar surface area (TPSA) is 106 Å². The zero-order valence-electron chi connectivity index (χ0n) is 18.8. The van der Waals surface area contributed by atoms with Crippen molar-refractivity contribution in [3.05, 3.63) is 71.7 Å². The van der Waals surface area contributed by atoms with Gasteiger partial charge in [0, 0.05) is 17.7 Å². The van der Waals surface area contributed by atoms with Crippen LogP contribution in [0.1, 0.15) is 0 Å². The normalized spacial score (nSPS) is 10.8. The van der Waals surface area contributed by atoms with Gasteiger partial charge in [0.25, 0.3) is 0 Å². The molecule has 2 heterocycles. The van der Waals surface area contributed by atoms with Crippen molar-refractivity contribution in [3.8, 4) is 16.9 Å². The molecule has 0 unspecified atom stereocenters. The van der Waals surface area contributed by atoms with E-state index in [1.165, 1.54) is 0 Å². The molecule has 0 radical (unpaired) electrons. The van der Waals surface area contributed by atoms with Crippen LogP contribution in [0.2, 0.25) is 0 Å². The van der Waals surface area contributed by atoms with Crippen LogP contribution in [0.25, 0.3) is 22.2 Å². The first-order chi connectivity index (χ1) is 16.7. The van der Waals surface area contributed by atoms with Crippen LogP contribution in [0.5, 0.6) is 5.75 Å². The van der Waals surface area contributed by atoms with Crippen LogP contribution in [0, 0.1) is 0 Å². The third kappa shape index (κ3) is 8.11. The first kappa shape index (κ1) is 25.1. The standard InChI is InChI=1S/C25H27NO8/c1-2-23(27)33-17-15-31-13-11-29-10-12-30-14-16-32-21-7-5-19(6-8-21)22-18-20-4-3-9-26-24(20)34-25(22)28/h2-9,18H,1,10-17H2. The predicted molar refractivity (Wildman–Crippen MR) is 125 cm³/mol. The third-order valence-electron chi connectivity index (χ3n) is 4.55. The van der Waals surface area contributed by atoms with Crippen LogP contribution >= 0.6 is 0 Å². The molecular weight excluding hydrogens is 442 g/mol. The molecule has 3 rings (SSSR count). The van der Waals surface area contributed by atoms with Crippen molar-refractivity contribution in [2.75, 3.05) is 52.9 Å². The zero-order chi connectivity index (χ0) is 24.0. The van der Waals surface area contributed by atoms with Crippen LogP contribution in [-0.2, 0) is 23.7 Å². The molecule has 0 aliphatic heterocycles. The van der Waals surface area contributed by atoms with Crippen LogP contribution in [0.3, 0.4) is 0 Å². The number of hydrogen-bond acceptors (Lipinski definition) is 9. The van der Waals surface area contributed by atoms with Gasteiger partial charge in [-0.25, -0.2) is 14.6 Å². The molecular formula is C25H27NO8. The molecule has 9 nitrogen and oxygen atoms in total. The Morgan fingerprint density at radius 2 is 1.56 bits per heavy atom. The molecule has 0 N–H and O–H groups in total. The van der Waals surface area contributed by atoms with E-state index < -0.39 is 11.6 Å². The fourth-order valence-electron chi connectivity index (χ4n) is 2.91. The minimum atomic E-state index is -0.467. The summed E-state index contributed by atoms with van der Waals surface area (Å²) < 4.78 is 31.9. The second kappa shape index (κ2) is 13.9. The number of ether oxygens (including phenoxy) is 5. The molecule has 0 spiro atoms. The Morgan fingerprint density at radius 3 is 2.24 bits per heavy atom. The van der Waals surface area contributed by atoms with E-state index >= 15 is 0 Å². The molecule has 0 saturated heterocycles. The minimum Gasteiger partial charge on any atom is -0.491 e. The summed E-state index contributed by atoms with van der Waals surface area (Å²) in [5, 5.41) is 0.762. The highest BCUT2D eigenvalue weighted by atomic mass is 16.6. The predicted octanol–water partition coefficient (Wildman–Crippen LogP) is 3.01. The number of hydrogen-bond donors (Lipinski definition) is 0. The quantitative estimate of drug-likeness (QED) is 0.189. The highest BCUT2D eigenvalue weighted by Gasteiger charge is 2.08. The van der Waals surface area contributed by atoms with Gasteiger partial charge in [-0.05, 0) is 35.9 Å². The molecule has 180 valence electrons. The fraction of sp³-hybridized carbons (Fsp3) is 0.320. The lowest BCUT2D eigenvalue weighted by Crippen LogP contribution is -2.14. The van der Waals surface area contributed by atoms with Crippen LogP contribution in [-0.4, -0.2) is 63.8 Å². The van der Waals surface area contributed by atoms with Gasteiger partial charge in [0.05, 0.1) is 45.2 Å². The van der Waals surface area contributed by atoms with Crippen molar-refractivity contribution in [2.45, 2.75) is 0 Å². The molecule has 1 aromatic carbocycles. The maximum Gasteiger partial charge on any atom is 0.345 e. The van der Waals surface area contributed by atoms with Gasteiger partial charge >= 0.3 is 11.6 Å². The first-order valence-electron chi connectivity index (χ1n) is 10.8. The van der Waals surface area contributed by atoms with E-state index in [9.17, 15) is 9.59 Å². The summed E-state index contributed by atoms with van der Waals surface area (Å²) in [5.41, 5.74) is 1.09. The summed E-state index contributed by atoms with van der Waals surface area (Å²) >= 11 is 0. The molecule has 9 heteroatoms. The average Bonchev–Trinajstić information content (AvgIpc) is 2.86. The van der Waals surface area contributed by atoms with Gasteiger partial charge in [0.15, 0.2) is 0 Å². The molecule has 3 aromatic rings. The summed E-state index contributed by atoms with van der Waals surface area (Å²) in [7, 11) is 0. The van der Waals surface area contributed by atoms with E-state index in [0.717, 1.165) is 17.0 Å². The lowest BCUT2D eigenvalue weighted by Gasteiger charge is -2.09. The molecule has 0 aliphatic rings. The van der Waals surface area contributed by atoms with Crippen molar-refractivity contribution in [3.63, 3.8) is 0 Å². The van der Waals surface area contributed by atoms with Crippen LogP contribution in [0.15, 0.2) is 70.5 Å². The highest BCUT2D eigenvalue weighted by molar-refractivity contribution is 5.81. The lowest BCUT2D eigenvalue weighted by molar-refractivity contribution is -0.139. The maximum absolute atomic E-state index is 12.3. The first-order valence-corrected chi connectivity index (χ1v) is 10.8. The van der Waals surface area contributed by atoms with E-state index in [1.807, 2.05) is 18.2 Å². The maximum atomic E-state index is 12.3. The van der Waals surface area contributed by atoms with Gasteiger partial charge in [-0.2, -0.15) is 0 Å². The van der Waals surface area contributed by atoms with Crippen molar-refractivity contribution in [2.24, 2.45) is 0 Å². The molecule has 0 atom stereocenters. The summed E-state index contributed by atoms with van der Waals surface area (Å²) in [4.78, 5) is 27.1. The number of carbonyl (C=O) groups is 1. The van der Waals surface area contributed by atoms with Crippen molar-refractivity contribution < 1.29 is 32.9 Å². The monoisotopic (exact) mass is 469 g/mol. The zero-order valence-corrected chi connectivity index (χ0v) is 18.8. The molecule has 0 amide bonds. The minimum absolute atomic E-state index is 0.188. The third-order valence-corrected chi connectivity index (χ3v) is 4.55. The number of pyridine rings is 1. The fourth-order valence-corrected chi connectivity index (χ4v) is 2.91. The molecule has 0 fully saturated rings. The van der Waals surface area contributed by atoms with E-state index in [0.29, 0.717) is 63.3 Å². The molecule has 0 saturated carbocycles. The number of rotatable bonds is 15. The van der Waals surface area contributed by atoms with Crippen molar-refractivity contribution >= 4 is 17.1 Å². The van der Waals surface area contributed by atoms with Gasteiger partial charge < -0.3 is 28.1 Å². The number of nitrogens with zero attached hydrogens (tertiary/aromatic N) is 1. The number of benzene rings is 1. The number of carbonyl (C=O) groups excluding carboxylic acids is 1. The van der Waals surface area contributed by atoms with Gasteiger partial charge in [-0.3, -0.25) is 0 Å². The van der Waals surface area contributed by atoms with Gasteiger partial charge in [0.2, 0.25) is 5.71 Å².